The summed E-state index contributed by atoms with van der Waals surface area (Å²) in [6, 6.07) is 1.06. The standard InChI is InChI=1S/C13H17N5O2/c1-2-10(19-7-1)12-16-17-13(20-12)15-8-11-14-5-6-18(11)9-3-4-9/h5-6,9-10H,1-4,7-8H2,(H,15,17). The lowest BCUT2D eigenvalue weighted by Gasteiger charge is -2.06. The van der Waals surface area contributed by atoms with Crippen LogP contribution in [0.5, 0.6) is 0 Å². The number of hydrogen-bond donors (Lipinski definition) is 1. The van der Waals surface area contributed by atoms with Crippen LogP contribution in [0, 0.1) is 0 Å². The van der Waals surface area contributed by atoms with E-state index >= 15 is 0 Å². The molecule has 2 fully saturated rings. The predicted octanol–water partition coefficient (Wildman–Crippen LogP) is 2.06. The third-order valence-electron chi connectivity index (χ3n) is 3.73. The zero-order valence-corrected chi connectivity index (χ0v) is 11.2. The minimum atomic E-state index is -0.0356. The number of nitrogens with one attached hydrogen (secondary N) is 1. The van der Waals surface area contributed by atoms with Crippen molar-refractivity contribution in [3.05, 3.63) is 24.1 Å². The molecule has 7 heteroatoms. The van der Waals surface area contributed by atoms with E-state index < -0.39 is 0 Å². The van der Waals surface area contributed by atoms with Gasteiger partial charge >= 0.3 is 6.01 Å². The van der Waals surface area contributed by atoms with Gasteiger partial charge in [-0.15, -0.1) is 5.10 Å². The Morgan fingerprint density at radius 3 is 3.05 bits per heavy atom. The van der Waals surface area contributed by atoms with Gasteiger partial charge in [-0.2, -0.15) is 0 Å². The van der Waals surface area contributed by atoms with Crippen LogP contribution in [0.3, 0.4) is 0 Å². The molecular formula is C13H17N5O2. The van der Waals surface area contributed by atoms with Crippen LogP contribution in [0.4, 0.5) is 6.01 Å². The van der Waals surface area contributed by atoms with E-state index in [1.807, 2.05) is 12.4 Å². The Morgan fingerprint density at radius 2 is 2.25 bits per heavy atom. The molecule has 1 aliphatic heterocycles. The van der Waals surface area contributed by atoms with E-state index in [-0.39, 0.29) is 6.10 Å². The quantitative estimate of drug-likeness (QED) is 0.900. The van der Waals surface area contributed by atoms with Gasteiger partial charge in [0.05, 0.1) is 6.54 Å². The minimum absolute atomic E-state index is 0.0356. The second-order valence-electron chi connectivity index (χ2n) is 5.28. The third kappa shape index (κ3) is 2.29. The van der Waals surface area contributed by atoms with Crippen LogP contribution in [0.25, 0.3) is 0 Å². The van der Waals surface area contributed by atoms with Gasteiger partial charge in [-0.1, -0.05) is 5.10 Å². The van der Waals surface area contributed by atoms with Crippen LogP contribution in [0.15, 0.2) is 16.8 Å². The maximum atomic E-state index is 5.59. The number of nitrogens with zero attached hydrogens (tertiary/aromatic N) is 4. The molecule has 1 saturated carbocycles. The molecule has 4 rings (SSSR count). The molecule has 0 amide bonds. The van der Waals surface area contributed by atoms with E-state index in [0.717, 1.165) is 25.3 Å². The lowest BCUT2D eigenvalue weighted by Crippen LogP contribution is -2.07. The van der Waals surface area contributed by atoms with E-state index in [0.29, 0.717) is 24.5 Å². The Morgan fingerprint density at radius 1 is 1.30 bits per heavy atom. The summed E-state index contributed by atoms with van der Waals surface area (Å²) < 4.78 is 13.3. The molecule has 7 nitrogen and oxygen atoms in total. The Hall–Kier alpha value is -1.89. The van der Waals surface area contributed by atoms with Gasteiger partial charge in [0.1, 0.15) is 11.9 Å². The van der Waals surface area contributed by atoms with Crippen molar-refractivity contribution in [2.24, 2.45) is 0 Å². The molecule has 1 N–H and O–H groups in total. The van der Waals surface area contributed by atoms with E-state index in [1.54, 1.807) is 0 Å². The van der Waals surface area contributed by atoms with Crippen LogP contribution in [0.2, 0.25) is 0 Å². The van der Waals surface area contributed by atoms with E-state index in [4.69, 9.17) is 9.15 Å². The van der Waals surface area contributed by atoms with Gasteiger partial charge in [-0.05, 0) is 25.7 Å². The normalized spacial score (nSPS) is 22.3. The van der Waals surface area contributed by atoms with Gasteiger partial charge in [-0.3, -0.25) is 0 Å². The summed E-state index contributed by atoms with van der Waals surface area (Å²) in [4.78, 5) is 4.36. The summed E-state index contributed by atoms with van der Waals surface area (Å²) in [5.41, 5.74) is 0. The molecule has 2 aromatic heterocycles. The highest BCUT2D eigenvalue weighted by molar-refractivity contribution is 5.19. The second kappa shape index (κ2) is 4.90. The maximum absolute atomic E-state index is 5.59. The molecule has 0 bridgehead atoms. The van der Waals surface area contributed by atoms with Crippen LogP contribution < -0.4 is 5.32 Å². The molecule has 0 radical (unpaired) electrons. The number of imidazole rings is 1. The molecule has 0 spiro atoms. The van der Waals surface area contributed by atoms with Crippen LogP contribution in [-0.4, -0.2) is 26.4 Å². The Bertz CT molecular complexity index is 583. The molecule has 3 heterocycles. The molecule has 0 aromatic carbocycles. The molecule has 106 valence electrons. The molecule has 1 saturated heterocycles. The fraction of sp³-hybridized carbons (Fsp3) is 0.615. The van der Waals surface area contributed by atoms with Crippen molar-refractivity contribution in [3.8, 4) is 0 Å². The Balaban J connectivity index is 1.40. The van der Waals surface area contributed by atoms with Crippen molar-refractivity contribution < 1.29 is 9.15 Å². The second-order valence-corrected chi connectivity index (χ2v) is 5.28. The molecule has 2 aromatic rings. The van der Waals surface area contributed by atoms with Crippen molar-refractivity contribution >= 4 is 6.01 Å². The van der Waals surface area contributed by atoms with E-state index in [1.165, 1.54) is 12.8 Å². The van der Waals surface area contributed by atoms with Gasteiger partial charge in [-0.25, -0.2) is 4.98 Å². The van der Waals surface area contributed by atoms with Crippen molar-refractivity contribution in [3.63, 3.8) is 0 Å². The molecular weight excluding hydrogens is 258 g/mol. The maximum Gasteiger partial charge on any atom is 0.315 e. The average Bonchev–Trinajstić information content (AvgIpc) is 2.93. The highest BCUT2D eigenvalue weighted by Gasteiger charge is 2.26. The van der Waals surface area contributed by atoms with Crippen LogP contribution in [-0.2, 0) is 11.3 Å². The molecule has 1 unspecified atom stereocenters. The largest absolute Gasteiger partial charge is 0.405 e. The van der Waals surface area contributed by atoms with Crippen molar-refractivity contribution in [1.29, 1.82) is 0 Å². The Labute approximate surface area is 116 Å². The number of aromatic nitrogens is 4. The van der Waals surface area contributed by atoms with Gasteiger partial charge < -0.3 is 19.0 Å². The first-order chi connectivity index (χ1) is 9.90. The smallest absolute Gasteiger partial charge is 0.315 e. The summed E-state index contributed by atoms with van der Waals surface area (Å²) in [5, 5.41) is 11.2. The summed E-state index contributed by atoms with van der Waals surface area (Å²) in [6.07, 6.45) is 8.32. The SMILES string of the molecule is c1cn(C2CC2)c(CNc2nnc(C3CCCO3)o2)n1. The van der Waals surface area contributed by atoms with Gasteiger partial charge in [0.2, 0.25) is 5.89 Å². The molecule has 20 heavy (non-hydrogen) atoms. The minimum Gasteiger partial charge on any atom is -0.405 e. The lowest BCUT2D eigenvalue weighted by atomic mass is 10.2. The van der Waals surface area contributed by atoms with Gasteiger partial charge in [0.15, 0.2) is 0 Å². The number of rotatable bonds is 5. The first-order valence-electron chi connectivity index (χ1n) is 7.11. The average molecular weight is 275 g/mol. The molecule has 2 aliphatic rings. The van der Waals surface area contributed by atoms with Crippen LogP contribution >= 0.6 is 0 Å². The van der Waals surface area contributed by atoms with Crippen molar-refractivity contribution in [2.45, 2.75) is 44.4 Å². The number of hydrogen-bond acceptors (Lipinski definition) is 6. The summed E-state index contributed by atoms with van der Waals surface area (Å²) in [6.45, 7) is 1.37. The summed E-state index contributed by atoms with van der Waals surface area (Å²) in [5.74, 6) is 1.57. The third-order valence-corrected chi connectivity index (χ3v) is 3.73. The zero-order valence-electron chi connectivity index (χ0n) is 11.2. The molecule has 1 atom stereocenters. The summed E-state index contributed by atoms with van der Waals surface area (Å²) in [7, 11) is 0. The zero-order chi connectivity index (χ0) is 13.4. The molecule has 1 aliphatic carbocycles. The van der Waals surface area contributed by atoms with Crippen LogP contribution in [0.1, 0.15) is 49.5 Å². The van der Waals surface area contributed by atoms with Gasteiger partial charge in [0.25, 0.3) is 0 Å². The van der Waals surface area contributed by atoms with Crippen molar-refractivity contribution in [2.75, 3.05) is 11.9 Å². The number of ether oxygens (including phenoxy) is 1. The van der Waals surface area contributed by atoms with E-state index in [2.05, 4.69) is 25.1 Å². The van der Waals surface area contributed by atoms with Crippen molar-refractivity contribution in [1.82, 2.24) is 19.7 Å². The first-order valence-corrected chi connectivity index (χ1v) is 7.11. The van der Waals surface area contributed by atoms with Gasteiger partial charge in [0, 0.05) is 25.0 Å². The van der Waals surface area contributed by atoms with E-state index in [9.17, 15) is 0 Å². The summed E-state index contributed by atoms with van der Waals surface area (Å²) >= 11 is 0. The monoisotopic (exact) mass is 275 g/mol. The Kier molecular flexibility index (Phi) is 2.91. The fourth-order valence-electron chi connectivity index (χ4n) is 2.53. The number of anilines is 1. The highest BCUT2D eigenvalue weighted by atomic mass is 16.5. The fourth-order valence-corrected chi connectivity index (χ4v) is 2.53. The first kappa shape index (κ1) is 11.9. The predicted molar refractivity (Wildman–Crippen MR) is 70.0 cm³/mol. The topological polar surface area (TPSA) is 78.0 Å². The lowest BCUT2D eigenvalue weighted by molar-refractivity contribution is 0.0897. The highest BCUT2D eigenvalue weighted by Crippen LogP contribution is 2.35.